The molecule has 0 spiro atoms. The molecule has 2 aliphatic heterocycles. The van der Waals surface area contributed by atoms with Crippen molar-refractivity contribution in [1.29, 1.82) is 0 Å². The molecule has 1 saturated heterocycles. The van der Waals surface area contributed by atoms with Crippen molar-refractivity contribution in [3.8, 4) is 5.75 Å². The number of hydrogen-bond acceptors (Lipinski definition) is 8. The van der Waals surface area contributed by atoms with Crippen LogP contribution in [0.15, 0.2) is 18.2 Å². The van der Waals surface area contributed by atoms with Crippen LogP contribution in [-0.4, -0.2) is 93.4 Å². The third kappa shape index (κ3) is 4.60. The number of nitrogens with one attached hydrogen (secondary N) is 1. The highest BCUT2D eigenvalue weighted by molar-refractivity contribution is 6.47. The zero-order valence-corrected chi connectivity index (χ0v) is 19.0. The number of carboxylic acid groups (broad SMARTS) is 1. The summed E-state index contributed by atoms with van der Waals surface area (Å²) in [6.45, 7) is 2.27. The molecule has 13 heteroatoms. The lowest BCUT2D eigenvalue weighted by molar-refractivity contribution is -0.163. The fraction of sp³-hybridized carbons (Fsp3) is 0.500. The standard InChI is InChI=1S/C22H26BN3O9/c1-2-25-6-7-26(21(31)20(25)30)19(29)15-10-12(27)9-14(15)18(28)24-16-8-11-4-3-5-13(22(32)33)17(11)35-23(16)34/h3-5,12,14-16,27,34H,2,6-10H2,1H3,(H,24,28)(H,32,33)/t12-,14-,15?,16-/m0/s1. The summed E-state index contributed by atoms with van der Waals surface area (Å²) in [6, 6.07) is 4.49. The Bertz CT molecular complexity index is 1080. The van der Waals surface area contributed by atoms with Crippen molar-refractivity contribution in [3.05, 3.63) is 29.3 Å². The first-order valence-electron chi connectivity index (χ1n) is 11.4. The number of amides is 4. The molecule has 4 rings (SSSR count). The van der Waals surface area contributed by atoms with Crippen molar-refractivity contribution in [3.63, 3.8) is 0 Å². The molecule has 0 radical (unpaired) electrons. The second kappa shape index (κ2) is 9.66. The van der Waals surface area contributed by atoms with E-state index < -0.39 is 60.6 Å². The molecule has 2 fully saturated rings. The summed E-state index contributed by atoms with van der Waals surface area (Å²) >= 11 is 0. The van der Waals surface area contributed by atoms with E-state index in [1.54, 1.807) is 13.0 Å². The summed E-state index contributed by atoms with van der Waals surface area (Å²) in [5.41, 5.74) is 0.371. The van der Waals surface area contributed by atoms with E-state index in [2.05, 4.69) is 5.32 Å². The number of nitrogens with zero attached hydrogens (tertiary/aromatic N) is 2. The number of aliphatic hydroxyl groups excluding tert-OH is 1. The molecule has 1 saturated carbocycles. The lowest BCUT2D eigenvalue weighted by Gasteiger charge is -2.34. The van der Waals surface area contributed by atoms with E-state index in [1.807, 2.05) is 0 Å². The normalized spacial score (nSPS) is 26.3. The van der Waals surface area contributed by atoms with E-state index in [4.69, 9.17) is 4.65 Å². The molecule has 2 heterocycles. The highest BCUT2D eigenvalue weighted by atomic mass is 16.5. The van der Waals surface area contributed by atoms with E-state index in [9.17, 15) is 39.2 Å². The number of imide groups is 1. The molecular weight excluding hydrogens is 461 g/mol. The number of fused-ring (bicyclic) bond motifs is 1. The van der Waals surface area contributed by atoms with Crippen LogP contribution in [0.5, 0.6) is 5.75 Å². The fourth-order valence-corrected chi connectivity index (χ4v) is 4.97. The minimum absolute atomic E-state index is 0.00997. The van der Waals surface area contributed by atoms with Crippen LogP contribution in [0.4, 0.5) is 0 Å². The van der Waals surface area contributed by atoms with Crippen LogP contribution in [-0.2, 0) is 25.6 Å². The minimum Gasteiger partial charge on any atom is -0.534 e. The smallest absolute Gasteiger partial charge is 0.534 e. The summed E-state index contributed by atoms with van der Waals surface area (Å²) in [7, 11) is -1.53. The molecule has 3 aliphatic rings. The number of carbonyl (C=O) groups is 5. The molecule has 4 atom stereocenters. The molecule has 1 aliphatic carbocycles. The van der Waals surface area contributed by atoms with Crippen molar-refractivity contribution in [2.75, 3.05) is 19.6 Å². The van der Waals surface area contributed by atoms with Crippen LogP contribution < -0.4 is 9.97 Å². The molecule has 186 valence electrons. The van der Waals surface area contributed by atoms with E-state index in [0.717, 1.165) is 4.90 Å². The van der Waals surface area contributed by atoms with Crippen molar-refractivity contribution in [2.45, 2.75) is 38.2 Å². The maximum Gasteiger partial charge on any atom is 0.547 e. The summed E-state index contributed by atoms with van der Waals surface area (Å²) < 4.78 is 5.39. The van der Waals surface area contributed by atoms with Gasteiger partial charge in [-0.25, -0.2) is 4.79 Å². The minimum atomic E-state index is -1.53. The van der Waals surface area contributed by atoms with Crippen LogP contribution >= 0.6 is 0 Å². The van der Waals surface area contributed by atoms with Gasteiger partial charge in [0.1, 0.15) is 5.75 Å². The quantitative estimate of drug-likeness (QED) is 0.217. The van der Waals surface area contributed by atoms with Crippen molar-refractivity contribution >= 4 is 36.7 Å². The number of hydrogen-bond donors (Lipinski definition) is 4. The van der Waals surface area contributed by atoms with Gasteiger partial charge < -0.3 is 30.1 Å². The van der Waals surface area contributed by atoms with Gasteiger partial charge in [0.25, 0.3) is 0 Å². The lowest BCUT2D eigenvalue weighted by atomic mass is 9.72. The Labute approximate surface area is 201 Å². The highest BCUT2D eigenvalue weighted by Crippen LogP contribution is 2.35. The Kier molecular flexibility index (Phi) is 6.81. The van der Waals surface area contributed by atoms with Crippen molar-refractivity contribution in [1.82, 2.24) is 15.1 Å². The van der Waals surface area contributed by atoms with Gasteiger partial charge in [0, 0.05) is 19.6 Å². The first-order chi connectivity index (χ1) is 16.6. The van der Waals surface area contributed by atoms with Crippen molar-refractivity contribution in [2.24, 2.45) is 11.8 Å². The number of aliphatic hydroxyl groups is 1. The van der Waals surface area contributed by atoms with E-state index in [1.165, 1.54) is 17.0 Å². The molecule has 1 aromatic rings. The second-order valence-electron chi connectivity index (χ2n) is 8.94. The third-order valence-corrected chi connectivity index (χ3v) is 6.83. The number of benzene rings is 1. The lowest BCUT2D eigenvalue weighted by Crippen LogP contribution is -2.58. The Morgan fingerprint density at radius 1 is 1.14 bits per heavy atom. The molecule has 4 amide bonds. The van der Waals surface area contributed by atoms with Crippen LogP contribution in [0, 0.1) is 11.8 Å². The SMILES string of the molecule is CCN1CCN(C(=O)C2C[C@@H](O)C[C@@H]2C(=O)N[C@H]2Cc3cccc(C(=O)O)c3OB2O)C(=O)C1=O. The number of carboxylic acids is 1. The first kappa shape index (κ1) is 24.7. The molecular formula is C22H26BN3O9. The third-order valence-electron chi connectivity index (χ3n) is 6.83. The zero-order valence-electron chi connectivity index (χ0n) is 19.0. The van der Waals surface area contributed by atoms with Gasteiger partial charge in [0.15, 0.2) is 0 Å². The van der Waals surface area contributed by atoms with Crippen LogP contribution in [0.25, 0.3) is 0 Å². The topological polar surface area (TPSA) is 174 Å². The Hall–Kier alpha value is -3.45. The van der Waals surface area contributed by atoms with E-state index in [0.29, 0.717) is 12.1 Å². The number of para-hydroxylation sites is 1. The number of aromatic carboxylic acids is 1. The summed E-state index contributed by atoms with van der Waals surface area (Å²) in [5.74, 6) is -7.15. The fourth-order valence-electron chi connectivity index (χ4n) is 4.97. The van der Waals surface area contributed by atoms with Crippen LogP contribution in [0.2, 0.25) is 0 Å². The molecule has 35 heavy (non-hydrogen) atoms. The summed E-state index contributed by atoms with van der Waals surface area (Å²) in [5, 5.41) is 32.6. The van der Waals surface area contributed by atoms with Gasteiger partial charge in [-0.1, -0.05) is 12.1 Å². The van der Waals surface area contributed by atoms with Gasteiger partial charge in [-0.2, -0.15) is 0 Å². The first-order valence-corrected chi connectivity index (χ1v) is 11.4. The van der Waals surface area contributed by atoms with Gasteiger partial charge in [-0.3, -0.25) is 24.1 Å². The molecule has 4 N–H and O–H groups in total. The Morgan fingerprint density at radius 3 is 2.54 bits per heavy atom. The molecule has 0 bridgehead atoms. The van der Waals surface area contributed by atoms with Gasteiger partial charge in [-0.05, 0) is 37.8 Å². The van der Waals surface area contributed by atoms with E-state index in [-0.39, 0.29) is 43.7 Å². The summed E-state index contributed by atoms with van der Waals surface area (Å²) in [4.78, 5) is 64.5. The molecule has 12 nitrogen and oxygen atoms in total. The number of likely N-dealkylation sites (N-methyl/N-ethyl adjacent to an activating group) is 1. The Morgan fingerprint density at radius 2 is 1.86 bits per heavy atom. The number of rotatable bonds is 5. The zero-order chi connectivity index (χ0) is 25.4. The van der Waals surface area contributed by atoms with Crippen molar-refractivity contribution < 1.29 is 43.9 Å². The van der Waals surface area contributed by atoms with E-state index >= 15 is 0 Å². The number of carbonyl (C=O) groups excluding carboxylic acids is 4. The predicted octanol–water partition coefficient (Wildman–Crippen LogP) is -1.57. The van der Waals surface area contributed by atoms with Gasteiger partial charge >= 0.3 is 24.9 Å². The monoisotopic (exact) mass is 487 g/mol. The Balaban J connectivity index is 1.47. The molecule has 1 unspecified atom stereocenters. The van der Waals surface area contributed by atoms with Gasteiger partial charge in [0.05, 0.1) is 29.4 Å². The summed E-state index contributed by atoms with van der Waals surface area (Å²) in [6.07, 6.45) is -0.929. The predicted molar refractivity (Wildman–Crippen MR) is 119 cm³/mol. The highest BCUT2D eigenvalue weighted by Gasteiger charge is 2.48. The average molecular weight is 487 g/mol. The second-order valence-corrected chi connectivity index (χ2v) is 8.94. The molecule has 1 aromatic carbocycles. The maximum absolute atomic E-state index is 13.1. The average Bonchev–Trinajstić information content (AvgIpc) is 3.22. The molecule has 0 aromatic heterocycles. The largest absolute Gasteiger partial charge is 0.547 e. The van der Waals surface area contributed by atoms with Gasteiger partial charge in [0.2, 0.25) is 11.8 Å². The van der Waals surface area contributed by atoms with Crippen LogP contribution in [0.1, 0.15) is 35.7 Å². The van der Waals surface area contributed by atoms with Crippen LogP contribution in [0.3, 0.4) is 0 Å². The maximum atomic E-state index is 13.1. The van der Waals surface area contributed by atoms with Gasteiger partial charge in [-0.15, -0.1) is 0 Å². The number of piperazine rings is 1.